The van der Waals surface area contributed by atoms with E-state index in [9.17, 15) is 4.39 Å². The first-order valence-corrected chi connectivity index (χ1v) is 4.17. The van der Waals surface area contributed by atoms with Gasteiger partial charge in [-0.25, -0.2) is 4.39 Å². The molecule has 0 spiro atoms. The van der Waals surface area contributed by atoms with Crippen molar-refractivity contribution in [3.63, 3.8) is 0 Å². The molecule has 0 fully saturated rings. The summed E-state index contributed by atoms with van der Waals surface area (Å²) in [4.78, 5) is 3.72. The van der Waals surface area contributed by atoms with Crippen LogP contribution in [0.2, 0.25) is 0 Å². The molecule has 2 rings (SSSR count). The van der Waals surface area contributed by atoms with Crippen LogP contribution < -0.4 is 5.73 Å². The Kier molecular flexibility index (Phi) is 2.28. The van der Waals surface area contributed by atoms with Gasteiger partial charge in [-0.05, 0) is 23.8 Å². The van der Waals surface area contributed by atoms with E-state index >= 15 is 0 Å². The summed E-state index contributed by atoms with van der Waals surface area (Å²) in [5.41, 5.74) is 6.43. The second kappa shape index (κ2) is 3.59. The monoisotopic (exact) mass is 192 g/mol. The van der Waals surface area contributed by atoms with E-state index in [-0.39, 0.29) is 0 Å². The van der Waals surface area contributed by atoms with Gasteiger partial charge in [0.15, 0.2) is 0 Å². The van der Waals surface area contributed by atoms with Crippen LogP contribution in [0.3, 0.4) is 0 Å². The van der Waals surface area contributed by atoms with Crippen molar-refractivity contribution in [2.75, 3.05) is 0 Å². The number of halogens is 1. The normalized spacial score (nSPS) is 12.7. The molecule has 2 N–H and O–H groups in total. The molecule has 72 valence electrons. The summed E-state index contributed by atoms with van der Waals surface area (Å²) in [6.45, 7) is 0. The molecule has 3 nitrogen and oxygen atoms in total. The first-order valence-electron chi connectivity index (χ1n) is 4.17. The minimum absolute atomic E-state index is 0.399. The molecule has 0 radical (unpaired) electrons. The first kappa shape index (κ1) is 8.90. The highest BCUT2D eigenvalue weighted by atomic mass is 19.1. The number of hydrogen-bond acceptors (Lipinski definition) is 3. The van der Waals surface area contributed by atoms with Crippen LogP contribution in [0.15, 0.2) is 41.3 Å². The third kappa shape index (κ3) is 1.65. The fraction of sp³-hybridized carbons (Fsp3) is 0.100. The van der Waals surface area contributed by atoms with Gasteiger partial charge in [-0.1, -0.05) is 0 Å². The molecule has 0 aliphatic heterocycles. The van der Waals surface area contributed by atoms with E-state index in [1.807, 2.05) is 0 Å². The van der Waals surface area contributed by atoms with E-state index in [1.54, 1.807) is 12.1 Å². The number of pyridine rings is 1. The highest BCUT2D eigenvalue weighted by Crippen LogP contribution is 2.19. The molecule has 0 bridgehead atoms. The van der Waals surface area contributed by atoms with E-state index < -0.39 is 11.9 Å². The summed E-state index contributed by atoms with van der Waals surface area (Å²) in [5.74, 6) is 0.196. The maximum absolute atomic E-state index is 12.8. The third-order valence-corrected chi connectivity index (χ3v) is 1.93. The Morgan fingerprint density at radius 2 is 2.29 bits per heavy atom. The maximum Gasteiger partial charge on any atom is 0.141 e. The highest BCUT2D eigenvalue weighted by molar-refractivity contribution is 5.23. The Morgan fingerprint density at radius 3 is 2.93 bits per heavy atom. The van der Waals surface area contributed by atoms with Gasteiger partial charge in [-0.15, -0.1) is 0 Å². The molecule has 0 aromatic carbocycles. The van der Waals surface area contributed by atoms with E-state index in [2.05, 4.69) is 4.98 Å². The molecule has 4 heteroatoms. The Hall–Kier alpha value is -1.68. The van der Waals surface area contributed by atoms with Crippen LogP contribution in [0.25, 0.3) is 0 Å². The van der Waals surface area contributed by atoms with Crippen molar-refractivity contribution < 1.29 is 8.81 Å². The second-order valence-electron chi connectivity index (χ2n) is 2.93. The lowest BCUT2D eigenvalue weighted by Crippen LogP contribution is -2.11. The Morgan fingerprint density at radius 1 is 1.43 bits per heavy atom. The lowest BCUT2D eigenvalue weighted by molar-refractivity contribution is 0.488. The summed E-state index contributed by atoms with van der Waals surface area (Å²) < 4.78 is 17.9. The van der Waals surface area contributed by atoms with Gasteiger partial charge in [0.25, 0.3) is 0 Å². The van der Waals surface area contributed by atoms with Crippen molar-refractivity contribution in [2.45, 2.75) is 6.04 Å². The van der Waals surface area contributed by atoms with E-state index in [4.69, 9.17) is 10.2 Å². The van der Waals surface area contributed by atoms with E-state index in [1.165, 1.54) is 18.5 Å². The third-order valence-electron chi connectivity index (χ3n) is 1.93. The van der Waals surface area contributed by atoms with Crippen LogP contribution in [0.5, 0.6) is 0 Å². The zero-order chi connectivity index (χ0) is 9.97. The van der Waals surface area contributed by atoms with Crippen molar-refractivity contribution in [2.24, 2.45) is 5.73 Å². The number of nitrogens with two attached hydrogens (primary N) is 1. The topological polar surface area (TPSA) is 52.0 Å². The second-order valence-corrected chi connectivity index (χ2v) is 2.93. The van der Waals surface area contributed by atoms with Gasteiger partial charge in [0.1, 0.15) is 11.6 Å². The molecule has 1 atom stereocenters. The molecule has 2 heterocycles. The van der Waals surface area contributed by atoms with Crippen LogP contribution in [-0.2, 0) is 0 Å². The van der Waals surface area contributed by atoms with Gasteiger partial charge in [0.2, 0.25) is 0 Å². The Labute approximate surface area is 80.4 Å². The zero-order valence-corrected chi connectivity index (χ0v) is 7.35. The number of nitrogens with zero attached hydrogens (tertiary/aromatic N) is 1. The van der Waals surface area contributed by atoms with E-state index in [0.29, 0.717) is 11.3 Å². The van der Waals surface area contributed by atoms with Gasteiger partial charge >= 0.3 is 0 Å². The van der Waals surface area contributed by atoms with Crippen LogP contribution in [-0.4, -0.2) is 4.98 Å². The SMILES string of the molecule is NC(c1cncc(F)c1)c1ccco1. The van der Waals surface area contributed by atoms with Gasteiger partial charge in [-0.3, -0.25) is 4.98 Å². The van der Waals surface area contributed by atoms with Crippen molar-refractivity contribution in [1.29, 1.82) is 0 Å². The van der Waals surface area contributed by atoms with Crippen molar-refractivity contribution >= 4 is 0 Å². The predicted octanol–water partition coefficient (Wildman–Crippen LogP) is 1.86. The quantitative estimate of drug-likeness (QED) is 0.790. The largest absolute Gasteiger partial charge is 0.467 e. The number of aromatic nitrogens is 1. The molecule has 0 aliphatic rings. The summed E-state index contributed by atoms with van der Waals surface area (Å²) in [6.07, 6.45) is 4.19. The minimum atomic E-state index is -0.465. The predicted molar refractivity (Wildman–Crippen MR) is 48.9 cm³/mol. The fourth-order valence-corrected chi connectivity index (χ4v) is 1.23. The lowest BCUT2D eigenvalue weighted by atomic mass is 10.1. The summed E-state index contributed by atoms with van der Waals surface area (Å²) in [6, 6.07) is 4.37. The standard InChI is InChI=1S/C10H9FN2O/c11-8-4-7(5-13-6-8)10(12)9-2-1-3-14-9/h1-6,10H,12H2. The zero-order valence-electron chi connectivity index (χ0n) is 7.35. The minimum Gasteiger partial charge on any atom is -0.467 e. The molecule has 14 heavy (non-hydrogen) atoms. The summed E-state index contributed by atoms with van der Waals surface area (Å²) >= 11 is 0. The lowest BCUT2D eigenvalue weighted by Gasteiger charge is -2.07. The summed E-state index contributed by atoms with van der Waals surface area (Å²) in [5, 5.41) is 0. The fourth-order valence-electron chi connectivity index (χ4n) is 1.23. The first-order chi connectivity index (χ1) is 6.77. The maximum atomic E-state index is 12.8. The highest BCUT2D eigenvalue weighted by Gasteiger charge is 2.12. The van der Waals surface area contributed by atoms with Crippen LogP contribution >= 0.6 is 0 Å². The van der Waals surface area contributed by atoms with Crippen molar-refractivity contribution in [3.05, 3.63) is 54.0 Å². The molecular formula is C10H9FN2O. The average molecular weight is 192 g/mol. The number of hydrogen-bond donors (Lipinski definition) is 1. The van der Waals surface area contributed by atoms with Crippen molar-refractivity contribution in [1.82, 2.24) is 4.98 Å². The van der Waals surface area contributed by atoms with Gasteiger partial charge in [0, 0.05) is 6.20 Å². The molecule has 0 aliphatic carbocycles. The molecule has 0 saturated carbocycles. The van der Waals surface area contributed by atoms with Gasteiger partial charge in [-0.2, -0.15) is 0 Å². The Balaban J connectivity index is 2.32. The molecular weight excluding hydrogens is 183 g/mol. The summed E-state index contributed by atoms with van der Waals surface area (Å²) in [7, 11) is 0. The number of furan rings is 1. The van der Waals surface area contributed by atoms with Gasteiger partial charge in [0.05, 0.1) is 18.5 Å². The van der Waals surface area contributed by atoms with Crippen LogP contribution in [0, 0.1) is 5.82 Å². The molecule has 0 amide bonds. The molecule has 0 saturated heterocycles. The molecule has 1 unspecified atom stereocenters. The smallest absolute Gasteiger partial charge is 0.141 e. The molecule has 2 aromatic heterocycles. The number of rotatable bonds is 2. The van der Waals surface area contributed by atoms with Crippen LogP contribution in [0.4, 0.5) is 4.39 Å². The molecule has 2 aromatic rings. The Bertz CT molecular complexity index is 414. The average Bonchev–Trinajstić information content (AvgIpc) is 2.69. The van der Waals surface area contributed by atoms with Gasteiger partial charge < -0.3 is 10.2 Å². The van der Waals surface area contributed by atoms with Crippen LogP contribution in [0.1, 0.15) is 17.4 Å². The van der Waals surface area contributed by atoms with Crippen molar-refractivity contribution in [3.8, 4) is 0 Å². The van der Waals surface area contributed by atoms with E-state index in [0.717, 1.165) is 6.20 Å².